The van der Waals surface area contributed by atoms with Gasteiger partial charge in [0.15, 0.2) is 0 Å². The number of hydroxylamine groups is 6. The van der Waals surface area contributed by atoms with Crippen LogP contribution < -0.4 is 0 Å². The maximum Gasteiger partial charge on any atom is 0.205 e. The third-order valence-corrected chi connectivity index (χ3v) is 10.8. The first-order valence-corrected chi connectivity index (χ1v) is 17.4. The first-order valence-electron chi connectivity index (χ1n) is 17.4. The quantitative estimate of drug-likeness (QED) is 0.230. The van der Waals surface area contributed by atoms with Crippen LogP contribution in [0.15, 0.2) is 0 Å². The van der Waals surface area contributed by atoms with Gasteiger partial charge in [-0.2, -0.15) is 15.2 Å². The van der Waals surface area contributed by atoms with Crippen molar-refractivity contribution in [2.24, 2.45) is 0 Å². The minimum atomic E-state index is -0.151. The Hall–Kier alpha value is -0.640. The van der Waals surface area contributed by atoms with Gasteiger partial charge in [-0.25, -0.2) is 0 Å². The summed E-state index contributed by atoms with van der Waals surface area (Å²) in [4.78, 5) is 11.7. The van der Waals surface area contributed by atoms with E-state index >= 15 is 0 Å². The van der Waals surface area contributed by atoms with Crippen molar-refractivity contribution < 1.29 is 20.4 Å². The normalized spacial score (nSPS) is 29.8. The molecule has 44 heavy (non-hydrogen) atoms. The third kappa shape index (κ3) is 10.7. The summed E-state index contributed by atoms with van der Waals surface area (Å²) in [5, 5.41) is 33.9. The topological polar surface area (TPSA) is 90.5 Å². The zero-order valence-electron chi connectivity index (χ0n) is 32.0. The van der Waals surface area contributed by atoms with Crippen molar-refractivity contribution >= 4 is 0 Å². The van der Waals surface area contributed by atoms with Crippen LogP contribution in [0.3, 0.4) is 0 Å². The first-order chi connectivity index (χ1) is 19.4. The number of rotatable bonds is 0. The lowest BCUT2D eigenvalue weighted by atomic mass is 9.82. The Balaban J connectivity index is 0.000000293. The summed E-state index contributed by atoms with van der Waals surface area (Å²) in [6.45, 7) is 33.2. The number of piperidine rings is 4. The summed E-state index contributed by atoms with van der Waals surface area (Å²) < 4.78 is 1.27. The van der Waals surface area contributed by atoms with Crippen LogP contribution in [0.25, 0.3) is 0 Å². The van der Waals surface area contributed by atoms with Crippen LogP contribution in [0.5, 0.6) is 0 Å². The van der Waals surface area contributed by atoms with Gasteiger partial charge in [0.25, 0.3) is 0 Å². The minimum Gasteiger partial charge on any atom is -0.313 e. The highest BCUT2D eigenvalue weighted by Crippen LogP contribution is 2.38. The first kappa shape index (κ1) is 41.4. The van der Waals surface area contributed by atoms with Crippen LogP contribution in [-0.2, 0) is 0 Å². The molecule has 262 valence electrons. The summed E-state index contributed by atoms with van der Waals surface area (Å²) in [7, 11) is 0. The zero-order chi connectivity index (χ0) is 34.8. The molecule has 4 aliphatic heterocycles. The van der Waals surface area contributed by atoms with Gasteiger partial charge < -0.3 is 15.6 Å². The lowest BCUT2D eigenvalue weighted by molar-refractivity contribution is -0.692. The van der Waals surface area contributed by atoms with Gasteiger partial charge in [0.05, 0.1) is 0 Å². The Kier molecular flexibility index (Phi) is 13.4. The Morgan fingerprint density at radius 2 is 0.523 bits per heavy atom. The van der Waals surface area contributed by atoms with Gasteiger partial charge in [0.2, 0.25) is 11.1 Å². The molecule has 0 aromatic heterocycles. The Morgan fingerprint density at radius 3 is 0.659 bits per heavy atom. The molecule has 0 spiro atoms. The SMILES string of the molecule is CC1(C)CCCC(C)(C)N1O.CC1(C)CCCC(C)(C)N1O.CC1(C)CCCC(C)(C)N1O.CC1(C)CCCC(C)(C)[N+]1=O. The maximum absolute atomic E-state index is 11.7. The number of nitrogens with zero attached hydrogens (tertiary/aromatic N) is 4. The highest BCUT2D eigenvalue weighted by atomic mass is 16.5. The number of hydrogen-bond donors (Lipinski definition) is 3. The molecule has 0 aliphatic carbocycles. The van der Waals surface area contributed by atoms with E-state index in [1.54, 1.807) is 0 Å². The van der Waals surface area contributed by atoms with Gasteiger partial charge >= 0.3 is 0 Å². The summed E-state index contributed by atoms with van der Waals surface area (Å²) >= 11 is 0. The summed E-state index contributed by atoms with van der Waals surface area (Å²) in [5.74, 6) is 0. The van der Waals surface area contributed by atoms with Crippen molar-refractivity contribution in [1.82, 2.24) is 15.2 Å². The highest BCUT2D eigenvalue weighted by molar-refractivity contribution is 4.93. The predicted octanol–water partition coefficient (Wildman–Crippen LogP) is 9.76. The zero-order valence-corrected chi connectivity index (χ0v) is 32.0. The van der Waals surface area contributed by atoms with Gasteiger partial charge in [-0.15, -0.1) is 0 Å². The van der Waals surface area contributed by atoms with E-state index in [1.807, 2.05) is 27.7 Å². The van der Waals surface area contributed by atoms with Crippen LogP contribution in [0, 0.1) is 4.91 Å². The van der Waals surface area contributed by atoms with Crippen molar-refractivity contribution in [2.75, 3.05) is 0 Å². The molecule has 0 aromatic rings. The molecule has 0 amide bonds. The molecule has 8 nitrogen and oxygen atoms in total. The molecule has 0 saturated carbocycles. The van der Waals surface area contributed by atoms with E-state index in [1.165, 1.54) is 45.6 Å². The van der Waals surface area contributed by atoms with Gasteiger partial charge in [-0.3, -0.25) is 0 Å². The fourth-order valence-corrected chi connectivity index (χ4v) is 7.93. The van der Waals surface area contributed by atoms with Crippen molar-refractivity contribution in [1.29, 1.82) is 0 Å². The molecule has 3 N–H and O–H groups in total. The van der Waals surface area contributed by atoms with E-state index in [0.29, 0.717) is 0 Å². The van der Waals surface area contributed by atoms with Crippen molar-refractivity contribution in [3.8, 4) is 0 Å². The fraction of sp³-hybridized carbons (Fsp3) is 1.00. The molecule has 0 bridgehead atoms. The molecule has 0 radical (unpaired) electrons. The van der Waals surface area contributed by atoms with Crippen LogP contribution in [0.2, 0.25) is 0 Å². The molecule has 4 fully saturated rings. The molecule has 4 saturated heterocycles. The summed E-state index contributed by atoms with van der Waals surface area (Å²) in [6, 6.07) is 0. The summed E-state index contributed by atoms with van der Waals surface area (Å²) in [6.07, 6.45) is 13.4. The second kappa shape index (κ2) is 14.2. The van der Waals surface area contributed by atoms with Crippen LogP contribution in [0.1, 0.15) is 188 Å². The monoisotopic (exact) mass is 628 g/mol. The molecule has 4 rings (SSSR count). The smallest absolute Gasteiger partial charge is 0.205 e. The van der Waals surface area contributed by atoms with Gasteiger partial charge in [-0.1, -0.05) is 0 Å². The second-order valence-corrected chi connectivity index (χ2v) is 19.1. The van der Waals surface area contributed by atoms with E-state index < -0.39 is 0 Å². The fourth-order valence-electron chi connectivity index (χ4n) is 7.93. The molecule has 4 heterocycles. The van der Waals surface area contributed by atoms with Crippen molar-refractivity contribution in [3.05, 3.63) is 4.91 Å². The average Bonchev–Trinajstić information content (AvgIpc) is 2.84. The Labute approximate surface area is 272 Å². The lowest BCUT2D eigenvalue weighted by Gasteiger charge is -2.48. The van der Waals surface area contributed by atoms with Gasteiger partial charge in [0, 0.05) is 83.4 Å². The standard InChI is InChI=1S/3C9H19NO.C9H18NO/c4*1-8(2)6-5-7-9(3,4)10(8)11/h3*11H,5-7H2,1-4H3;5-7H2,1-4H3/q;;;+1. The van der Waals surface area contributed by atoms with E-state index in [4.69, 9.17) is 0 Å². The van der Waals surface area contributed by atoms with Crippen LogP contribution >= 0.6 is 0 Å². The highest BCUT2D eigenvalue weighted by Gasteiger charge is 2.50. The summed E-state index contributed by atoms with van der Waals surface area (Å²) in [5.41, 5.74) is -0.542. The van der Waals surface area contributed by atoms with Gasteiger partial charge in [0.1, 0.15) is 0 Å². The van der Waals surface area contributed by atoms with E-state index in [2.05, 4.69) is 83.1 Å². The Morgan fingerprint density at radius 1 is 0.364 bits per heavy atom. The molecule has 4 aliphatic rings. The number of nitroso groups, excluding NO2 is 1. The minimum absolute atomic E-state index is 0.0399. The van der Waals surface area contributed by atoms with Crippen LogP contribution in [-0.4, -0.2) is 79.9 Å². The largest absolute Gasteiger partial charge is 0.313 e. The maximum atomic E-state index is 11.7. The van der Waals surface area contributed by atoms with Crippen molar-refractivity contribution in [2.45, 2.75) is 232 Å². The molecular weight excluding hydrogens is 552 g/mol. The third-order valence-electron chi connectivity index (χ3n) is 10.8. The average molecular weight is 628 g/mol. The predicted molar refractivity (Wildman–Crippen MR) is 183 cm³/mol. The molecule has 8 heteroatoms. The number of hydrogen-bond acceptors (Lipinski definition) is 7. The van der Waals surface area contributed by atoms with Crippen LogP contribution in [0.4, 0.5) is 0 Å². The van der Waals surface area contributed by atoms with E-state index in [-0.39, 0.29) is 44.3 Å². The molecule has 0 aromatic carbocycles. The van der Waals surface area contributed by atoms with E-state index in [9.17, 15) is 20.5 Å². The second-order valence-electron chi connectivity index (χ2n) is 19.1. The van der Waals surface area contributed by atoms with Gasteiger partial charge in [-0.05, 0) is 147 Å². The molecule has 0 unspecified atom stereocenters. The van der Waals surface area contributed by atoms with E-state index in [0.717, 1.165) is 51.4 Å². The molecule has 0 atom stereocenters. The molecular formula is C36H75N4O4+. The Bertz CT molecular complexity index is 785. The lowest BCUT2D eigenvalue weighted by Crippen LogP contribution is -2.56. The van der Waals surface area contributed by atoms with Crippen molar-refractivity contribution in [3.63, 3.8) is 0 Å².